The normalized spacial score (nSPS) is 22.4. The zero-order valence-corrected chi connectivity index (χ0v) is 10.2. The number of nitrogens with one attached hydrogen (secondary N) is 1. The SMILES string of the molecule is CC1CCC(Nc2ccc(C#N)cc2[N+](=O)[O-])C1. The average Bonchev–Trinajstić information content (AvgIpc) is 2.75. The lowest BCUT2D eigenvalue weighted by Crippen LogP contribution is -2.16. The summed E-state index contributed by atoms with van der Waals surface area (Å²) in [5.74, 6) is 0.667. The predicted molar refractivity (Wildman–Crippen MR) is 68.2 cm³/mol. The average molecular weight is 245 g/mol. The van der Waals surface area contributed by atoms with E-state index in [1.54, 1.807) is 12.1 Å². The Labute approximate surface area is 106 Å². The van der Waals surface area contributed by atoms with E-state index in [9.17, 15) is 10.1 Å². The molecule has 1 aliphatic carbocycles. The van der Waals surface area contributed by atoms with E-state index in [-0.39, 0.29) is 5.69 Å². The molecule has 2 rings (SSSR count). The molecule has 2 unspecified atom stereocenters. The van der Waals surface area contributed by atoms with E-state index in [1.165, 1.54) is 6.07 Å². The fraction of sp³-hybridized carbons (Fsp3) is 0.462. The van der Waals surface area contributed by atoms with Crippen LogP contribution in [0.3, 0.4) is 0 Å². The molecule has 0 aliphatic heterocycles. The van der Waals surface area contributed by atoms with E-state index in [0.717, 1.165) is 19.3 Å². The van der Waals surface area contributed by atoms with Crippen LogP contribution in [0.2, 0.25) is 0 Å². The molecule has 0 radical (unpaired) electrons. The van der Waals surface area contributed by atoms with E-state index in [1.807, 2.05) is 6.07 Å². The Morgan fingerprint density at radius 1 is 1.50 bits per heavy atom. The molecule has 94 valence electrons. The largest absolute Gasteiger partial charge is 0.377 e. The van der Waals surface area contributed by atoms with Crippen LogP contribution < -0.4 is 5.32 Å². The van der Waals surface area contributed by atoms with Crippen molar-refractivity contribution in [3.8, 4) is 6.07 Å². The maximum atomic E-state index is 11.0. The highest BCUT2D eigenvalue weighted by molar-refractivity contribution is 5.64. The summed E-state index contributed by atoms with van der Waals surface area (Å²) in [4.78, 5) is 10.5. The second-order valence-corrected chi connectivity index (χ2v) is 4.86. The van der Waals surface area contributed by atoms with Crippen LogP contribution in [0.15, 0.2) is 18.2 Å². The monoisotopic (exact) mass is 245 g/mol. The molecule has 1 N–H and O–H groups in total. The number of nitro groups is 1. The first-order valence-electron chi connectivity index (χ1n) is 6.05. The Hall–Kier alpha value is -2.09. The molecule has 0 aromatic heterocycles. The van der Waals surface area contributed by atoms with Gasteiger partial charge in [-0.2, -0.15) is 5.26 Å². The number of nitro benzene ring substituents is 1. The maximum absolute atomic E-state index is 11.0. The van der Waals surface area contributed by atoms with Crippen molar-refractivity contribution >= 4 is 11.4 Å². The maximum Gasteiger partial charge on any atom is 0.293 e. The van der Waals surface area contributed by atoms with Crippen molar-refractivity contribution in [2.45, 2.75) is 32.2 Å². The van der Waals surface area contributed by atoms with Crippen LogP contribution >= 0.6 is 0 Å². The van der Waals surface area contributed by atoms with Crippen LogP contribution in [0, 0.1) is 27.4 Å². The van der Waals surface area contributed by atoms with E-state index >= 15 is 0 Å². The molecule has 0 spiro atoms. The van der Waals surface area contributed by atoms with Crippen LogP contribution in [-0.4, -0.2) is 11.0 Å². The fourth-order valence-corrected chi connectivity index (χ4v) is 2.43. The number of nitriles is 1. The molecule has 18 heavy (non-hydrogen) atoms. The molecular formula is C13H15N3O2. The summed E-state index contributed by atoms with van der Waals surface area (Å²) in [7, 11) is 0. The summed E-state index contributed by atoms with van der Waals surface area (Å²) in [5.41, 5.74) is 0.804. The first kappa shape index (κ1) is 12.4. The van der Waals surface area contributed by atoms with Crippen molar-refractivity contribution in [2.24, 2.45) is 5.92 Å². The minimum absolute atomic E-state index is 0.0198. The summed E-state index contributed by atoms with van der Waals surface area (Å²) in [6.45, 7) is 2.19. The third-order valence-electron chi connectivity index (χ3n) is 3.38. The number of hydrogen-bond acceptors (Lipinski definition) is 4. The van der Waals surface area contributed by atoms with Crippen LogP contribution in [0.5, 0.6) is 0 Å². The zero-order chi connectivity index (χ0) is 13.1. The quantitative estimate of drug-likeness (QED) is 0.655. The van der Waals surface area contributed by atoms with Gasteiger partial charge < -0.3 is 5.32 Å². The van der Waals surface area contributed by atoms with Gasteiger partial charge in [0.05, 0.1) is 16.6 Å². The third-order valence-corrected chi connectivity index (χ3v) is 3.38. The van der Waals surface area contributed by atoms with Gasteiger partial charge in [-0.3, -0.25) is 10.1 Å². The molecule has 1 aromatic rings. The molecule has 1 aliphatic rings. The molecule has 0 amide bonds. The standard InChI is InChI=1S/C13H15N3O2/c1-9-2-4-11(6-9)15-12-5-3-10(8-14)7-13(12)16(17)18/h3,5,7,9,11,15H,2,4,6H2,1H3. The van der Waals surface area contributed by atoms with Crippen LogP contribution in [0.25, 0.3) is 0 Å². The Bertz CT molecular complexity index is 507. The van der Waals surface area contributed by atoms with Crippen molar-refractivity contribution in [3.63, 3.8) is 0 Å². The van der Waals surface area contributed by atoms with Crippen molar-refractivity contribution in [1.82, 2.24) is 0 Å². The smallest absolute Gasteiger partial charge is 0.293 e. The zero-order valence-electron chi connectivity index (χ0n) is 10.2. The molecule has 0 saturated heterocycles. The number of benzene rings is 1. The van der Waals surface area contributed by atoms with Gasteiger partial charge in [-0.15, -0.1) is 0 Å². The molecule has 5 nitrogen and oxygen atoms in total. The van der Waals surface area contributed by atoms with E-state index in [2.05, 4.69) is 12.2 Å². The van der Waals surface area contributed by atoms with Gasteiger partial charge in [-0.1, -0.05) is 6.92 Å². The lowest BCUT2D eigenvalue weighted by molar-refractivity contribution is -0.384. The fourth-order valence-electron chi connectivity index (χ4n) is 2.43. The molecule has 5 heteroatoms. The van der Waals surface area contributed by atoms with Crippen molar-refractivity contribution in [2.75, 3.05) is 5.32 Å². The Balaban J connectivity index is 2.22. The van der Waals surface area contributed by atoms with E-state index in [4.69, 9.17) is 5.26 Å². The summed E-state index contributed by atoms with van der Waals surface area (Å²) in [6, 6.07) is 6.77. The third kappa shape index (κ3) is 2.59. The lowest BCUT2D eigenvalue weighted by atomic mass is 10.1. The summed E-state index contributed by atoms with van der Waals surface area (Å²) in [6.07, 6.45) is 3.23. The Morgan fingerprint density at radius 2 is 2.28 bits per heavy atom. The highest BCUT2D eigenvalue weighted by Crippen LogP contribution is 2.31. The van der Waals surface area contributed by atoms with E-state index in [0.29, 0.717) is 23.2 Å². The topological polar surface area (TPSA) is 79.0 Å². The summed E-state index contributed by atoms with van der Waals surface area (Å²) >= 11 is 0. The van der Waals surface area contributed by atoms with Gasteiger partial charge in [0, 0.05) is 12.1 Å². The van der Waals surface area contributed by atoms with Gasteiger partial charge in [-0.25, -0.2) is 0 Å². The minimum Gasteiger partial charge on any atom is -0.377 e. The molecule has 1 fully saturated rings. The Morgan fingerprint density at radius 3 is 2.83 bits per heavy atom. The summed E-state index contributed by atoms with van der Waals surface area (Å²) < 4.78 is 0. The predicted octanol–water partition coefficient (Wildman–Crippen LogP) is 3.07. The first-order chi connectivity index (χ1) is 8.60. The molecule has 1 saturated carbocycles. The number of hydrogen-bond donors (Lipinski definition) is 1. The minimum atomic E-state index is -0.443. The van der Waals surface area contributed by atoms with Crippen molar-refractivity contribution in [1.29, 1.82) is 5.26 Å². The van der Waals surface area contributed by atoms with E-state index < -0.39 is 4.92 Å². The molecule has 0 heterocycles. The van der Waals surface area contributed by atoms with Crippen molar-refractivity contribution in [3.05, 3.63) is 33.9 Å². The number of rotatable bonds is 3. The van der Waals surface area contributed by atoms with Gasteiger partial charge in [0.2, 0.25) is 0 Å². The highest BCUT2D eigenvalue weighted by Gasteiger charge is 2.24. The highest BCUT2D eigenvalue weighted by atomic mass is 16.6. The Kier molecular flexibility index (Phi) is 3.47. The van der Waals surface area contributed by atoms with Crippen LogP contribution in [0.1, 0.15) is 31.7 Å². The van der Waals surface area contributed by atoms with Crippen molar-refractivity contribution < 1.29 is 4.92 Å². The van der Waals surface area contributed by atoms with Gasteiger partial charge in [0.1, 0.15) is 5.69 Å². The summed E-state index contributed by atoms with van der Waals surface area (Å²) in [5, 5.41) is 23.0. The first-order valence-corrected chi connectivity index (χ1v) is 6.05. The van der Waals surface area contributed by atoms with Gasteiger partial charge in [0.15, 0.2) is 0 Å². The van der Waals surface area contributed by atoms with Crippen LogP contribution in [-0.2, 0) is 0 Å². The van der Waals surface area contributed by atoms with Gasteiger partial charge in [-0.05, 0) is 37.3 Å². The number of anilines is 1. The molecule has 0 bridgehead atoms. The molecule has 2 atom stereocenters. The van der Waals surface area contributed by atoms with Gasteiger partial charge >= 0.3 is 0 Å². The number of nitrogens with zero attached hydrogens (tertiary/aromatic N) is 2. The molecular weight excluding hydrogens is 230 g/mol. The lowest BCUT2D eigenvalue weighted by Gasteiger charge is -2.14. The second kappa shape index (κ2) is 5.05. The van der Waals surface area contributed by atoms with Crippen LogP contribution in [0.4, 0.5) is 11.4 Å². The second-order valence-electron chi connectivity index (χ2n) is 4.86. The van der Waals surface area contributed by atoms with Gasteiger partial charge in [0.25, 0.3) is 5.69 Å². The molecule has 1 aromatic carbocycles.